The Kier molecular flexibility index (Phi) is 39.3. The first-order valence-corrected chi connectivity index (χ1v) is 18.2. The van der Waals surface area contributed by atoms with Crippen LogP contribution in [0, 0.1) is 47.3 Å². The highest BCUT2D eigenvalue weighted by molar-refractivity contribution is 4.75. The highest BCUT2D eigenvalue weighted by atomic mass is 14.3. The molecular weight excluding hydrogens is 456 g/mol. The van der Waals surface area contributed by atoms with Gasteiger partial charge in [-0.05, 0) is 60.2 Å². The zero-order valence-corrected chi connectivity index (χ0v) is 30.5. The van der Waals surface area contributed by atoms with Crippen molar-refractivity contribution in [1.29, 1.82) is 0 Å². The lowest BCUT2D eigenvalue weighted by atomic mass is 9.78. The minimum atomic E-state index is 0.935. The lowest BCUT2D eigenvalue weighted by molar-refractivity contribution is 0.235. The molecule has 0 unspecified atom stereocenters. The molecule has 0 aliphatic heterocycles. The van der Waals surface area contributed by atoms with Gasteiger partial charge in [0.15, 0.2) is 0 Å². The molecule has 4 saturated carbocycles. The van der Waals surface area contributed by atoms with Gasteiger partial charge in [-0.1, -0.05) is 188 Å². The highest BCUT2D eigenvalue weighted by Crippen LogP contribution is 2.36. The molecule has 0 nitrogen and oxygen atoms in total. The molecule has 4 aliphatic carbocycles. The van der Waals surface area contributed by atoms with Crippen molar-refractivity contribution in [2.45, 2.75) is 201 Å². The van der Waals surface area contributed by atoms with E-state index >= 15 is 0 Å². The third-order valence-electron chi connectivity index (χ3n) is 8.59. The van der Waals surface area contributed by atoms with Gasteiger partial charge in [-0.25, -0.2) is 0 Å². The van der Waals surface area contributed by atoms with E-state index in [9.17, 15) is 0 Å². The minimum Gasteiger partial charge on any atom is -0.0683 e. The predicted molar refractivity (Wildman–Crippen MR) is 183 cm³/mol. The van der Waals surface area contributed by atoms with Gasteiger partial charge in [0.25, 0.3) is 0 Å². The smallest absolute Gasteiger partial charge is 0.0391 e. The fraction of sp³-hybridized carbons (Fsp3) is 1.00. The van der Waals surface area contributed by atoms with Crippen molar-refractivity contribution < 1.29 is 0 Å². The second kappa shape index (κ2) is 33.2. The van der Waals surface area contributed by atoms with Gasteiger partial charge < -0.3 is 0 Å². The van der Waals surface area contributed by atoms with Crippen molar-refractivity contribution in [3.63, 3.8) is 0 Å². The summed E-state index contributed by atoms with van der Waals surface area (Å²) >= 11 is 0. The van der Waals surface area contributed by atoms with Crippen LogP contribution >= 0.6 is 0 Å². The van der Waals surface area contributed by atoms with Crippen LogP contribution in [0.25, 0.3) is 0 Å². The van der Waals surface area contributed by atoms with Crippen molar-refractivity contribution in [2.75, 3.05) is 0 Å². The van der Waals surface area contributed by atoms with Gasteiger partial charge in [-0.15, -0.1) is 0 Å². The normalized spacial score (nSPS) is 18.6. The Morgan fingerprint density at radius 2 is 0.447 bits per heavy atom. The molecule has 0 aromatic rings. The zero-order chi connectivity index (χ0) is 30.5. The maximum Gasteiger partial charge on any atom is -0.0391 e. The van der Waals surface area contributed by atoms with E-state index in [4.69, 9.17) is 0 Å². The van der Waals surface area contributed by atoms with Crippen LogP contribution in [0.2, 0.25) is 0 Å². The third-order valence-corrected chi connectivity index (χ3v) is 8.59. The van der Waals surface area contributed by atoms with Crippen LogP contribution in [0.5, 0.6) is 0 Å². The van der Waals surface area contributed by atoms with E-state index in [-0.39, 0.29) is 0 Å². The summed E-state index contributed by atoms with van der Waals surface area (Å²) in [4.78, 5) is 0. The fourth-order valence-electron chi connectivity index (χ4n) is 5.29. The largest absolute Gasteiger partial charge is 0.0683 e. The molecule has 4 aliphatic rings. The monoisotopic (exact) mass is 541 g/mol. The molecule has 0 N–H and O–H groups in total. The van der Waals surface area contributed by atoms with Crippen LogP contribution in [-0.4, -0.2) is 0 Å². The molecule has 0 atom stereocenters. The van der Waals surface area contributed by atoms with E-state index in [0.29, 0.717) is 0 Å². The molecule has 236 valence electrons. The number of rotatable bonds is 4. The average molecular weight is 541 g/mol. The molecule has 0 heteroatoms. The van der Waals surface area contributed by atoms with Crippen molar-refractivity contribution in [3.8, 4) is 0 Å². The Balaban J connectivity index is -0.000000187. The lowest BCUT2D eigenvalue weighted by Gasteiger charge is -2.28. The van der Waals surface area contributed by atoms with Crippen molar-refractivity contribution >= 4 is 0 Å². The Morgan fingerprint density at radius 3 is 0.553 bits per heavy atom. The Morgan fingerprint density at radius 1 is 0.263 bits per heavy atom. The molecule has 0 spiro atoms. The van der Waals surface area contributed by atoms with Crippen LogP contribution in [0.15, 0.2) is 0 Å². The Bertz CT molecular complexity index is 371. The second-order valence-corrected chi connectivity index (χ2v) is 12.4. The molecule has 0 saturated heterocycles. The van der Waals surface area contributed by atoms with Gasteiger partial charge in [-0.3, -0.25) is 0 Å². The lowest BCUT2D eigenvalue weighted by Crippen LogP contribution is -2.16. The summed E-state index contributed by atoms with van der Waals surface area (Å²) in [5.74, 6) is 8.10. The average Bonchev–Trinajstić information content (AvgIpc) is 3.63. The molecule has 0 heterocycles. The maximum absolute atomic E-state index is 2.36. The van der Waals surface area contributed by atoms with Crippen molar-refractivity contribution in [3.05, 3.63) is 0 Å². The predicted octanol–water partition coefficient (Wildman–Crippen LogP) is 14.7. The summed E-state index contributed by atoms with van der Waals surface area (Å²) in [7, 11) is 0. The fourth-order valence-corrected chi connectivity index (χ4v) is 5.29. The Labute approximate surface area is 247 Å². The Hall–Kier alpha value is 0. The summed E-state index contributed by atoms with van der Waals surface area (Å²) in [6.45, 7) is 34.7. The first kappa shape index (κ1) is 45.0. The standard InChI is InChI=1S/C9H18.C8H16.C7H14.C6H12.4C2H6/c1-8(2)9-6-4-3-5-7-9;1-7(2)8-5-3-4-6-8;1-6(2)7-4-3-5-7;1-5(2)6-3-4-6;4*1-2/h8-9H,3-7H2,1-2H3;7-8H,3-6H2,1-2H3;6-7H,3-5H2,1-2H3;5-6H,3-4H2,1-2H3;4*1-2H3. The topological polar surface area (TPSA) is 0 Å². The summed E-state index contributed by atoms with van der Waals surface area (Å²) in [5.41, 5.74) is 0. The van der Waals surface area contributed by atoms with Gasteiger partial charge in [-0.2, -0.15) is 0 Å². The molecule has 0 amide bonds. The van der Waals surface area contributed by atoms with Crippen LogP contribution in [0.4, 0.5) is 0 Å². The summed E-state index contributed by atoms with van der Waals surface area (Å²) in [6, 6.07) is 0. The summed E-state index contributed by atoms with van der Waals surface area (Å²) in [6.07, 6.45) is 20.9. The number of hydrogen-bond donors (Lipinski definition) is 0. The first-order valence-electron chi connectivity index (χ1n) is 18.2. The minimum absolute atomic E-state index is 0.935. The van der Waals surface area contributed by atoms with Gasteiger partial charge >= 0.3 is 0 Å². The van der Waals surface area contributed by atoms with Crippen LogP contribution in [-0.2, 0) is 0 Å². The molecule has 38 heavy (non-hydrogen) atoms. The quantitative estimate of drug-likeness (QED) is 0.332. The van der Waals surface area contributed by atoms with Gasteiger partial charge in [0, 0.05) is 0 Å². The van der Waals surface area contributed by atoms with E-state index in [0.717, 1.165) is 47.3 Å². The van der Waals surface area contributed by atoms with Crippen molar-refractivity contribution in [1.82, 2.24) is 0 Å². The zero-order valence-electron chi connectivity index (χ0n) is 30.5. The van der Waals surface area contributed by atoms with E-state index in [1.165, 1.54) is 89.9 Å². The molecule has 0 bridgehead atoms. The third kappa shape index (κ3) is 27.6. The highest BCUT2D eigenvalue weighted by Gasteiger charge is 2.24. The van der Waals surface area contributed by atoms with Crippen molar-refractivity contribution in [2.24, 2.45) is 47.3 Å². The van der Waals surface area contributed by atoms with E-state index in [1.807, 2.05) is 55.4 Å². The maximum atomic E-state index is 2.36. The summed E-state index contributed by atoms with van der Waals surface area (Å²) in [5, 5.41) is 0. The van der Waals surface area contributed by atoms with Gasteiger partial charge in [0.1, 0.15) is 0 Å². The van der Waals surface area contributed by atoms with Gasteiger partial charge in [0.05, 0.1) is 0 Å². The van der Waals surface area contributed by atoms with Crippen LogP contribution < -0.4 is 0 Å². The molecule has 4 fully saturated rings. The van der Waals surface area contributed by atoms with Crippen LogP contribution in [0.3, 0.4) is 0 Å². The van der Waals surface area contributed by atoms with E-state index < -0.39 is 0 Å². The SMILES string of the molecule is CC.CC.CC.CC.CC(C)C1CC1.CC(C)C1CCC1.CC(C)C1CCCC1.CC(C)C1CCCCC1. The molecular formula is C38H84. The summed E-state index contributed by atoms with van der Waals surface area (Å²) < 4.78 is 0. The van der Waals surface area contributed by atoms with Crippen LogP contribution in [0.1, 0.15) is 201 Å². The molecule has 0 radical (unpaired) electrons. The van der Waals surface area contributed by atoms with E-state index in [2.05, 4.69) is 55.4 Å². The number of hydrogen-bond acceptors (Lipinski definition) is 0. The van der Waals surface area contributed by atoms with E-state index in [1.54, 1.807) is 0 Å². The molecule has 4 rings (SSSR count). The first-order chi connectivity index (χ1) is 18.2. The molecule has 0 aromatic heterocycles. The molecule has 0 aromatic carbocycles. The second-order valence-electron chi connectivity index (χ2n) is 12.4. The van der Waals surface area contributed by atoms with Gasteiger partial charge in [0.2, 0.25) is 0 Å².